The molecule has 204 valence electrons. The Morgan fingerprint density at radius 1 is 1.03 bits per heavy atom. The van der Waals surface area contributed by atoms with Crippen LogP contribution in [0.3, 0.4) is 0 Å². The highest BCUT2D eigenvalue weighted by Crippen LogP contribution is 2.68. The fraction of sp³-hybridized carbons (Fsp3) is 0.862. The van der Waals surface area contributed by atoms with E-state index >= 15 is 0 Å². The summed E-state index contributed by atoms with van der Waals surface area (Å²) in [6.45, 7) is 11.0. The number of aliphatic hydroxyl groups is 3. The zero-order valence-corrected chi connectivity index (χ0v) is 22.4. The summed E-state index contributed by atoms with van der Waals surface area (Å²) in [4.78, 5) is 23.6. The highest BCUT2D eigenvalue weighted by molar-refractivity contribution is 5.86. The predicted molar refractivity (Wildman–Crippen MR) is 139 cm³/mol. The number of carbonyl (C=O) groups is 2. The zero-order chi connectivity index (χ0) is 26.3. The first kappa shape index (κ1) is 27.6. The van der Waals surface area contributed by atoms with Crippen LogP contribution in [-0.4, -0.2) is 58.5 Å². The van der Waals surface area contributed by atoms with Crippen LogP contribution in [0.15, 0.2) is 12.7 Å². The summed E-state index contributed by atoms with van der Waals surface area (Å²) in [6.07, 6.45) is 7.52. The Morgan fingerprint density at radius 3 is 2.47 bits per heavy atom. The molecule has 0 saturated heterocycles. The summed E-state index contributed by atoms with van der Waals surface area (Å²) in [5, 5.41) is 38.9. The Bertz CT molecular complexity index is 834. The van der Waals surface area contributed by atoms with Gasteiger partial charge in [0.15, 0.2) is 0 Å². The highest BCUT2D eigenvalue weighted by atomic mass is 16.3. The lowest BCUT2D eigenvalue weighted by atomic mass is 9.43. The first-order chi connectivity index (χ1) is 17.0. The van der Waals surface area contributed by atoms with Crippen molar-refractivity contribution in [3.05, 3.63) is 12.7 Å². The molecule has 0 aliphatic heterocycles. The third kappa shape index (κ3) is 4.88. The van der Waals surface area contributed by atoms with Gasteiger partial charge in [0.1, 0.15) is 0 Å². The number of rotatable bonds is 8. The summed E-state index contributed by atoms with van der Waals surface area (Å²) in [7, 11) is 0. The third-order valence-corrected chi connectivity index (χ3v) is 11.3. The molecule has 4 fully saturated rings. The van der Waals surface area contributed by atoms with Crippen LogP contribution in [0.2, 0.25) is 0 Å². The molecule has 4 aliphatic rings. The van der Waals surface area contributed by atoms with Crippen LogP contribution in [-0.2, 0) is 9.59 Å². The molecule has 1 unspecified atom stereocenters. The molecule has 0 aromatic heterocycles. The second-order valence-corrected chi connectivity index (χ2v) is 12.9. The average Bonchev–Trinajstić information content (AvgIpc) is 3.20. The number of nitrogens with one attached hydrogen (secondary N) is 2. The van der Waals surface area contributed by atoms with E-state index in [-0.39, 0.29) is 40.8 Å². The molecular formula is C29H48N2O5. The van der Waals surface area contributed by atoms with Gasteiger partial charge in [0, 0.05) is 19.5 Å². The van der Waals surface area contributed by atoms with Crippen LogP contribution < -0.4 is 10.6 Å². The molecule has 7 nitrogen and oxygen atoms in total. The molecule has 0 aromatic carbocycles. The van der Waals surface area contributed by atoms with Crippen LogP contribution in [0.25, 0.3) is 0 Å². The summed E-state index contributed by atoms with van der Waals surface area (Å²) >= 11 is 0. The SMILES string of the molecule is C=CC(=O)NCCNC(=O)CC[C@@H](C)[C@H]1CC[C@H]2[C@@H]3[C@H](O)CC4C[C@H](O)CC[C@]4(C)[C@H]3C[C@H](O)[C@]12C. The van der Waals surface area contributed by atoms with Gasteiger partial charge in [-0.15, -0.1) is 0 Å². The Hall–Kier alpha value is -1.44. The van der Waals surface area contributed by atoms with Gasteiger partial charge in [-0.1, -0.05) is 27.4 Å². The van der Waals surface area contributed by atoms with Crippen molar-refractivity contribution in [2.45, 2.75) is 96.9 Å². The second-order valence-electron chi connectivity index (χ2n) is 12.9. The van der Waals surface area contributed by atoms with Crippen LogP contribution in [0, 0.1) is 46.3 Å². The third-order valence-electron chi connectivity index (χ3n) is 11.3. The standard InChI is InChI=1S/C29H48N2O5/c1-5-25(35)30-12-13-31-26(36)9-6-17(2)20-7-8-21-27-22(16-24(34)29(20,21)4)28(3)11-10-19(32)14-18(28)15-23(27)33/h5,17-24,27,32-34H,1,6-16H2,2-4H3,(H,30,35)(H,31,36)/t17-,18?,19-,20-,21+,22+,23-,24+,27+,28+,29-/m1/s1. The van der Waals surface area contributed by atoms with Gasteiger partial charge in [-0.05, 0) is 104 Å². The maximum absolute atomic E-state index is 12.4. The molecule has 2 amide bonds. The van der Waals surface area contributed by atoms with E-state index in [1.165, 1.54) is 6.08 Å². The summed E-state index contributed by atoms with van der Waals surface area (Å²) < 4.78 is 0. The molecule has 0 aromatic rings. The molecule has 36 heavy (non-hydrogen) atoms. The lowest BCUT2D eigenvalue weighted by Crippen LogP contribution is -2.62. The molecule has 0 spiro atoms. The fourth-order valence-electron chi connectivity index (χ4n) is 9.24. The van der Waals surface area contributed by atoms with Crippen molar-refractivity contribution in [1.29, 1.82) is 0 Å². The normalized spacial score (nSPS) is 44.5. The number of amides is 2. The largest absolute Gasteiger partial charge is 0.393 e. The quantitative estimate of drug-likeness (QED) is 0.257. The van der Waals surface area contributed by atoms with E-state index in [9.17, 15) is 24.9 Å². The van der Waals surface area contributed by atoms with Gasteiger partial charge < -0.3 is 26.0 Å². The van der Waals surface area contributed by atoms with E-state index in [0.717, 1.165) is 51.4 Å². The minimum absolute atomic E-state index is 0.0141. The second kappa shape index (κ2) is 10.7. The van der Waals surface area contributed by atoms with Gasteiger partial charge in [-0.3, -0.25) is 9.59 Å². The highest BCUT2D eigenvalue weighted by Gasteiger charge is 2.65. The fourth-order valence-corrected chi connectivity index (χ4v) is 9.24. The van der Waals surface area contributed by atoms with E-state index < -0.39 is 6.10 Å². The van der Waals surface area contributed by atoms with Crippen molar-refractivity contribution in [3.63, 3.8) is 0 Å². The number of carbonyl (C=O) groups excluding carboxylic acids is 2. The molecule has 11 atom stereocenters. The van der Waals surface area contributed by atoms with E-state index in [1.54, 1.807) is 0 Å². The van der Waals surface area contributed by atoms with Gasteiger partial charge in [0.2, 0.25) is 11.8 Å². The van der Waals surface area contributed by atoms with Crippen LogP contribution in [0.4, 0.5) is 0 Å². The van der Waals surface area contributed by atoms with E-state index in [1.807, 2.05) is 0 Å². The average molecular weight is 505 g/mol. The summed E-state index contributed by atoms with van der Waals surface area (Å²) in [5.74, 6) is 1.49. The van der Waals surface area contributed by atoms with Gasteiger partial charge in [-0.2, -0.15) is 0 Å². The van der Waals surface area contributed by atoms with Crippen LogP contribution in [0.1, 0.15) is 78.6 Å². The zero-order valence-electron chi connectivity index (χ0n) is 22.4. The lowest BCUT2D eigenvalue weighted by molar-refractivity contribution is -0.207. The first-order valence-corrected chi connectivity index (χ1v) is 14.2. The molecule has 4 rings (SSSR count). The van der Waals surface area contributed by atoms with Crippen LogP contribution in [0.5, 0.6) is 0 Å². The van der Waals surface area contributed by atoms with Crippen molar-refractivity contribution in [2.75, 3.05) is 13.1 Å². The summed E-state index contributed by atoms with van der Waals surface area (Å²) in [6, 6.07) is 0. The monoisotopic (exact) mass is 504 g/mol. The van der Waals surface area contributed by atoms with Crippen molar-refractivity contribution in [2.24, 2.45) is 46.3 Å². The minimum Gasteiger partial charge on any atom is -0.393 e. The molecule has 4 saturated carbocycles. The minimum atomic E-state index is -0.407. The van der Waals surface area contributed by atoms with Gasteiger partial charge >= 0.3 is 0 Å². The molecule has 5 N–H and O–H groups in total. The maximum atomic E-state index is 12.4. The number of hydrogen-bond acceptors (Lipinski definition) is 5. The molecule has 0 heterocycles. The van der Waals surface area contributed by atoms with Crippen molar-refractivity contribution >= 4 is 11.8 Å². The smallest absolute Gasteiger partial charge is 0.243 e. The predicted octanol–water partition coefficient (Wildman–Crippen LogP) is 2.78. The van der Waals surface area contributed by atoms with Crippen molar-refractivity contribution < 1.29 is 24.9 Å². The molecule has 0 radical (unpaired) electrons. The van der Waals surface area contributed by atoms with Gasteiger partial charge in [0.25, 0.3) is 0 Å². The summed E-state index contributed by atoms with van der Waals surface area (Å²) in [5.41, 5.74) is -0.164. The first-order valence-electron chi connectivity index (χ1n) is 14.2. The molecule has 0 bridgehead atoms. The van der Waals surface area contributed by atoms with Gasteiger partial charge in [-0.25, -0.2) is 0 Å². The van der Waals surface area contributed by atoms with Gasteiger partial charge in [0.05, 0.1) is 18.3 Å². The Morgan fingerprint density at radius 2 is 1.75 bits per heavy atom. The van der Waals surface area contributed by atoms with E-state index in [2.05, 4.69) is 38.0 Å². The maximum Gasteiger partial charge on any atom is 0.243 e. The Balaban J connectivity index is 1.38. The molecule has 4 aliphatic carbocycles. The van der Waals surface area contributed by atoms with E-state index in [4.69, 9.17) is 0 Å². The molecule has 7 heteroatoms. The van der Waals surface area contributed by atoms with Crippen molar-refractivity contribution in [1.82, 2.24) is 10.6 Å². The van der Waals surface area contributed by atoms with Crippen LogP contribution >= 0.6 is 0 Å². The van der Waals surface area contributed by atoms with Crippen molar-refractivity contribution in [3.8, 4) is 0 Å². The molecular weight excluding hydrogens is 456 g/mol. The van der Waals surface area contributed by atoms with E-state index in [0.29, 0.717) is 49.1 Å². The Labute approximate surface area is 216 Å². The number of fused-ring (bicyclic) bond motifs is 5. The topological polar surface area (TPSA) is 119 Å². The Kier molecular flexibility index (Phi) is 8.23. The lowest BCUT2D eigenvalue weighted by Gasteiger charge is -2.63. The number of hydrogen-bond donors (Lipinski definition) is 5. The number of aliphatic hydroxyl groups excluding tert-OH is 3.